The highest BCUT2D eigenvalue weighted by molar-refractivity contribution is 5.77. The third-order valence-corrected chi connectivity index (χ3v) is 3.54. The van der Waals surface area contributed by atoms with Crippen molar-refractivity contribution in [3.63, 3.8) is 0 Å². The molecule has 0 aliphatic heterocycles. The minimum atomic E-state index is -4.59. The summed E-state index contributed by atoms with van der Waals surface area (Å²) in [7, 11) is 1.45. The average Bonchev–Trinajstić information content (AvgIpc) is 2.60. The van der Waals surface area contributed by atoms with Crippen LogP contribution in [-0.2, 0) is 17.5 Å². The van der Waals surface area contributed by atoms with E-state index in [4.69, 9.17) is 4.74 Å². The number of rotatable bonds is 7. The van der Waals surface area contributed by atoms with Gasteiger partial charge in [0.25, 0.3) is 5.91 Å². The minimum Gasteiger partial charge on any atom is -0.483 e. The Morgan fingerprint density at radius 1 is 1.07 bits per heavy atom. The van der Waals surface area contributed by atoms with Gasteiger partial charge in [-0.25, -0.2) is 0 Å². The monoisotopic (exact) mass is 389 g/mol. The van der Waals surface area contributed by atoms with E-state index < -0.39 is 36.6 Å². The second-order valence-electron chi connectivity index (χ2n) is 5.55. The molecular weight excluding hydrogens is 373 g/mol. The van der Waals surface area contributed by atoms with Crippen LogP contribution < -0.4 is 9.47 Å². The lowest BCUT2D eigenvalue weighted by molar-refractivity contribution is -0.140. The van der Waals surface area contributed by atoms with Crippen LogP contribution in [-0.4, -0.2) is 31.1 Å². The van der Waals surface area contributed by atoms with E-state index in [1.54, 1.807) is 0 Å². The first kappa shape index (κ1) is 20.5. The van der Waals surface area contributed by atoms with E-state index in [9.17, 15) is 26.7 Å². The molecule has 0 atom stereocenters. The van der Waals surface area contributed by atoms with Crippen LogP contribution in [0.15, 0.2) is 48.5 Å². The Kier molecular flexibility index (Phi) is 6.59. The van der Waals surface area contributed by atoms with Gasteiger partial charge in [0.1, 0.15) is 11.5 Å². The first-order valence-electron chi connectivity index (χ1n) is 7.73. The zero-order valence-corrected chi connectivity index (χ0v) is 14.2. The maximum Gasteiger partial charge on any atom is 0.419 e. The molecule has 0 N–H and O–H groups in total. The zero-order valence-electron chi connectivity index (χ0n) is 14.2. The summed E-state index contributed by atoms with van der Waals surface area (Å²) in [6, 6.07) is 10.3. The Morgan fingerprint density at radius 2 is 1.70 bits per heavy atom. The van der Waals surface area contributed by atoms with Crippen molar-refractivity contribution >= 4 is 5.91 Å². The van der Waals surface area contributed by atoms with Gasteiger partial charge in [0.15, 0.2) is 6.61 Å². The number of likely N-dealkylation sites (N-methyl/N-ethyl adjacent to an activating group) is 1. The molecule has 1 amide bonds. The van der Waals surface area contributed by atoms with Gasteiger partial charge < -0.3 is 14.4 Å². The van der Waals surface area contributed by atoms with Gasteiger partial charge >= 0.3 is 12.8 Å². The van der Waals surface area contributed by atoms with Crippen molar-refractivity contribution in [3.8, 4) is 11.5 Å². The Labute approximate surface area is 152 Å². The van der Waals surface area contributed by atoms with Crippen molar-refractivity contribution in [1.82, 2.24) is 4.90 Å². The summed E-state index contributed by atoms with van der Waals surface area (Å²) >= 11 is 0. The molecule has 9 heteroatoms. The normalized spacial score (nSPS) is 11.4. The van der Waals surface area contributed by atoms with E-state index in [0.717, 1.165) is 12.1 Å². The molecule has 0 saturated heterocycles. The third kappa shape index (κ3) is 6.12. The number of benzene rings is 2. The van der Waals surface area contributed by atoms with Gasteiger partial charge in [-0.05, 0) is 29.8 Å². The SMILES string of the molecule is CN(Cc1ccc(OC(F)F)cc1)C(=O)COc1ccccc1C(F)(F)F. The first-order valence-corrected chi connectivity index (χ1v) is 7.73. The standard InChI is InChI=1S/C18H16F5NO3/c1-24(10-12-6-8-13(9-7-12)27-17(19)20)16(25)11-26-15-5-3-2-4-14(15)18(21,22)23/h2-9,17H,10-11H2,1H3. The molecule has 0 saturated carbocycles. The molecule has 4 nitrogen and oxygen atoms in total. The molecule has 27 heavy (non-hydrogen) atoms. The Balaban J connectivity index is 1.93. The van der Waals surface area contributed by atoms with Crippen LogP contribution in [0, 0.1) is 0 Å². The summed E-state index contributed by atoms with van der Waals surface area (Å²) in [4.78, 5) is 13.3. The summed E-state index contributed by atoms with van der Waals surface area (Å²) in [6.07, 6.45) is -4.59. The summed E-state index contributed by atoms with van der Waals surface area (Å²) in [6.45, 7) is -3.38. The number of alkyl halides is 5. The number of ether oxygens (including phenoxy) is 2. The van der Waals surface area contributed by atoms with Crippen molar-refractivity contribution in [2.24, 2.45) is 0 Å². The number of carbonyl (C=O) groups is 1. The highest BCUT2D eigenvalue weighted by Gasteiger charge is 2.34. The average molecular weight is 389 g/mol. The summed E-state index contributed by atoms with van der Waals surface area (Å²) in [5.41, 5.74) is -0.335. The van der Waals surface area contributed by atoms with Crippen molar-refractivity contribution < 1.29 is 36.2 Å². The molecule has 0 heterocycles. The van der Waals surface area contributed by atoms with E-state index in [0.29, 0.717) is 5.56 Å². The summed E-state index contributed by atoms with van der Waals surface area (Å²) < 4.78 is 72.2. The molecular formula is C18H16F5NO3. The van der Waals surface area contributed by atoms with Gasteiger partial charge in [-0.15, -0.1) is 0 Å². The predicted molar refractivity (Wildman–Crippen MR) is 86.5 cm³/mol. The van der Waals surface area contributed by atoms with Crippen LogP contribution in [0.3, 0.4) is 0 Å². The number of nitrogens with zero attached hydrogens (tertiary/aromatic N) is 1. The fourth-order valence-electron chi connectivity index (χ4n) is 2.21. The topological polar surface area (TPSA) is 38.8 Å². The van der Waals surface area contributed by atoms with Crippen LogP contribution in [0.1, 0.15) is 11.1 Å². The first-order chi connectivity index (χ1) is 12.7. The van der Waals surface area contributed by atoms with Gasteiger partial charge in [0.05, 0.1) is 5.56 Å². The second-order valence-corrected chi connectivity index (χ2v) is 5.55. The molecule has 0 spiro atoms. The molecule has 2 rings (SSSR count). The number of hydrogen-bond acceptors (Lipinski definition) is 3. The van der Waals surface area contributed by atoms with Crippen LogP contribution >= 0.6 is 0 Å². The molecule has 0 fully saturated rings. The van der Waals surface area contributed by atoms with Crippen molar-refractivity contribution in [2.45, 2.75) is 19.3 Å². The van der Waals surface area contributed by atoms with Gasteiger partial charge in [-0.2, -0.15) is 22.0 Å². The molecule has 146 valence electrons. The molecule has 0 aliphatic rings. The number of hydrogen-bond donors (Lipinski definition) is 0. The number of amides is 1. The smallest absolute Gasteiger partial charge is 0.419 e. The Hall–Kier alpha value is -2.84. The highest BCUT2D eigenvalue weighted by Crippen LogP contribution is 2.35. The lowest BCUT2D eigenvalue weighted by atomic mass is 10.2. The fourth-order valence-corrected chi connectivity index (χ4v) is 2.21. The lowest BCUT2D eigenvalue weighted by Crippen LogP contribution is -2.31. The van der Waals surface area contributed by atoms with Gasteiger partial charge in [0, 0.05) is 13.6 Å². The minimum absolute atomic E-state index is 0.0187. The van der Waals surface area contributed by atoms with E-state index >= 15 is 0 Å². The van der Waals surface area contributed by atoms with Gasteiger partial charge in [-0.1, -0.05) is 24.3 Å². The maximum atomic E-state index is 12.9. The van der Waals surface area contributed by atoms with Gasteiger partial charge in [-0.3, -0.25) is 4.79 Å². The van der Waals surface area contributed by atoms with E-state index in [-0.39, 0.29) is 12.3 Å². The lowest BCUT2D eigenvalue weighted by Gasteiger charge is -2.19. The summed E-state index contributed by atoms with van der Waals surface area (Å²) in [5, 5.41) is 0. The maximum absolute atomic E-state index is 12.9. The van der Waals surface area contributed by atoms with E-state index in [1.165, 1.54) is 48.3 Å². The van der Waals surface area contributed by atoms with Crippen LogP contribution in [0.25, 0.3) is 0 Å². The van der Waals surface area contributed by atoms with Crippen LogP contribution in [0.5, 0.6) is 11.5 Å². The molecule has 0 unspecified atom stereocenters. The molecule has 0 aromatic heterocycles. The van der Waals surface area contributed by atoms with Crippen molar-refractivity contribution in [1.29, 1.82) is 0 Å². The highest BCUT2D eigenvalue weighted by atomic mass is 19.4. The second kappa shape index (κ2) is 8.70. The van der Waals surface area contributed by atoms with Gasteiger partial charge in [0.2, 0.25) is 0 Å². The largest absolute Gasteiger partial charge is 0.483 e. The zero-order chi connectivity index (χ0) is 20.0. The quantitative estimate of drug-likeness (QED) is 0.661. The Morgan fingerprint density at radius 3 is 2.30 bits per heavy atom. The molecule has 0 radical (unpaired) electrons. The van der Waals surface area contributed by atoms with E-state index in [2.05, 4.69) is 4.74 Å². The predicted octanol–water partition coefficient (Wildman–Crippen LogP) is 4.34. The molecule has 2 aromatic rings. The summed E-state index contributed by atoms with van der Waals surface area (Å²) in [5.74, 6) is -0.991. The molecule has 0 bridgehead atoms. The molecule has 2 aromatic carbocycles. The number of carbonyl (C=O) groups excluding carboxylic acids is 1. The van der Waals surface area contributed by atoms with Crippen LogP contribution in [0.2, 0.25) is 0 Å². The third-order valence-electron chi connectivity index (χ3n) is 3.54. The van der Waals surface area contributed by atoms with Crippen LogP contribution in [0.4, 0.5) is 22.0 Å². The Bertz CT molecular complexity index is 762. The number of para-hydroxylation sites is 1. The van der Waals surface area contributed by atoms with E-state index in [1.807, 2.05) is 0 Å². The fraction of sp³-hybridized carbons (Fsp3) is 0.278. The number of halogens is 5. The molecule has 0 aliphatic carbocycles. The van der Waals surface area contributed by atoms with Crippen molar-refractivity contribution in [3.05, 3.63) is 59.7 Å². The van der Waals surface area contributed by atoms with Crippen molar-refractivity contribution in [2.75, 3.05) is 13.7 Å².